The first-order chi connectivity index (χ1) is 13.4. The third-order valence-corrected chi connectivity index (χ3v) is 4.62. The van der Waals surface area contributed by atoms with Crippen molar-refractivity contribution < 1.29 is 19.2 Å². The van der Waals surface area contributed by atoms with Crippen molar-refractivity contribution in [2.24, 2.45) is 0 Å². The molecule has 0 saturated carbocycles. The Hall–Kier alpha value is -3.48. The molecule has 2 aromatic carbocycles. The van der Waals surface area contributed by atoms with Crippen molar-refractivity contribution in [3.8, 4) is 0 Å². The van der Waals surface area contributed by atoms with Crippen LogP contribution in [-0.4, -0.2) is 28.9 Å². The fourth-order valence-electron chi connectivity index (χ4n) is 3.31. The molecular formula is C21H20N2O5. The second kappa shape index (κ2) is 8.04. The molecule has 0 unspecified atom stereocenters. The molecule has 0 radical (unpaired) electrons. The van der Waals surface area contributed by atoms with E-state index in [1.807, 2.05) is 31.2 Å². The van der Waals surface area contributed by atoms with Crippen molar-refractivity contribution in [2.45, 2.75) is 32.4 Å². The first-order valence-corrected chi connectivity index (χ1v) is 8.91. The van der Waals surface area contributed by atoms with Crippen molar-refractivity contribution in [3.63, 3.8) is 0 Å². The van der Waals surface area contributed by atoms with Gasteiger partial charge >= 0.3 is 5.97 Å². The van der Waals surface area contributed by atoms with Gasteiger partial charge in [0.05, 0.1) is 10.5 Å². The van der Waals surface area contributed by atoms with Gasteiger partial charge in [-0.25, -0.2) is 4.79 Å². The number of nitro benzene ring substituents is 1. The number of rotatable bonds is 5. The average Bonchev–Trinajstić information content (AvgIpc) is 3.01. The van der Waals surface area contributed by atoms with Gasteiger partial charge in [0.15, 0.2) is 6.10 Å². The number of fused-ring (bicyclic) bond motifs is 1. The minimum Gasteiger partial charge on any atom is -0.449 e. The number of esters is 1. The maximum Gasteiger partial charge on any atom is 0.331 e. The highest BCUT2D eigenvalue weighted by Crippen LogP contribution is 2.32. The van der Waals surface area contributed by atoms with E-state index in [1.165, 1.54) is 25.1 Å². The number of amides is 1. The number of nitrogens with zero attached hydrogens (tertiary/aromatic N) is 2. The zero-order chi connectivity index (χ0) is 20.3. The number of carbonyl (C=O) groups is 2. The fraction of sp³-hybridized carbons (Fsp3) is 0.238. The van der Waals surface area contributed by atoms with Gasteiger partial charge in [0.1, 0.15) is 0 Å². The van der Waals surface area contributed by atoms with Gasteiger partial charge in [0.25, 0.3) is 11.6 Å². The fourth-order valence-corrected chi connectivity index (χ4v) is 3.31. The molecule has 7 heteroatoms. The Balaban J connectivity index is 1.68. The molecule has 2 atom stereocenters. The summed E-state index contributed by atoms with van der Waals surface area (Å²) in [5, 5.41) is 11.0. The Labute approximate surface area is 162 Å². The summed E-state index contributed by atoms with van der Waals surface area (Å²) in [7, 11) is 0. The van der Waals surface area contributed by atoms with E-state index in [1.54, 1.807) is 17.0 Å². The second-order valence-corrected chi connectivity index (χ2v) is 6.62. The Morgan fingerprint density at radius 2 is 1.89 bits per heavy atom. The zero-order valence-electron chi connectivity index (χ0n) is 15.6. The lowest BCUT2D eigenvalue weighted by Gasteiger charge is -2.25. The van der Waals surface area contributed by atoms with Crippen LogP contribution in [0.5, 0.6) is 0 Å². The van der Waals surface area contributed by atoms with Crippen LogP contribution in [0.2, 0.25) is 0 Å². The van der Waals surface area contributed by atoms with E-state index in [4.69, 9.17) is 4.74 Å². The number of nitro groups is 1. The van der Waals surface area contributed by atoms with Crippen LogP contribution in [0.25, 0.3) is 6.08 Å². The van der Waals surface area contributed by atoms with Crippen LogP contribution in [0.3, 0.4) is 0 Å². The predicted octanol–water partition coefficient (Wildman–Crippen LogP) is 3.52. The lowest BCUT2D eigenvalue weighted by atomic mass is 10.1. The average molecular weight is 380 g/mol. The van der Waals surface area contributed by atoms with E-state index in [2.05, 4.69) is 0 Å². The van der Waals surface area contributed by atoms with Crippen LogP contribution in [0, 0.1) is 10.1 Å². The first-order valence-electron chi connectivity index (χ1n) is 8.91. The number of para-hydroxylation sites is 2. The van der Waals surface area contributed by atoms with Crippen molar-refractivity contribution in [1.29, 1.82) is 0 Å². The van der Waals surface area contributed by atoms with Crippen molar-refractivity contribution in [1.82, 2.24) is 0 Å². The number of anilines is 1. The van der Waals surface area contributed by atoms with Gasteiger partial charge in [0, 0.05) is 23.9 Å². The molecule has 0 saturated heterocycles. The van der Waals surface area contributed by atoms with E-state index in [0.717, 1.165) is 23.7 Å². The summed E-state index contributed by atoms with van der Waals surface area (Å²) in [6.07, 6.45) is 2.18. The molecule has 0 aromatic heterocycles. The first kappa shape index (κ1) is 19.3. The van der Waals surface area contributed by atoms with E-state index in [0.29, 0.717) is 0 Å². The second-order valence-electron chi connectivity index (χ2n) is 6.62. The maximum absolute atomic E-state index is 12.8. The summed E-state index contributed by atoms with van der Waals surface area (Å²) in [5.74, 6) is -1.04. The largest absolute Gasteiger partial charge is 0.449 e. The zero-order valence-corrected chi connectivity index (χ0v) is 15.6. The Bertz CT molecular complexity index is 953. The lowest BCUT2D eigenvalue weighted by Crippen LogP contribution is -2.43. The topological polar surface area (TPSA) is 89.7 Å². The van der Waals surface area contributed by atoms with Crippen LogP contribution >= 0.6 is 0 Å². The molecule has 3 rings (SSSR count). The molecule has 7 nitrogen and oxygen atoms in total. The molecular weight excluding hydrogens is 360 g/mol. The molecule has 1 aliphatic heterocycles. The molecule has 0 fully saturated rings. The summed E-state index contributed by atoms with van der Waals surface area (Å²) in [6.45, 7) is 3.47. The Morgan fingerprint density at radius 3 is 2.64 bits per heavy atom. The van der Waals surface area contributed by atoms with Crippen LogP contribution < -0.4 is 4.90 Å². The molecule has 0 N–H and O–H groups in total. The van der Waals surface area contributed by atoms with Crippen molar-refractivity contribution in [2.75, 3.05) is 4.90 Å². The highest BCUT2D eigenvalue weighted by atomic mass is 16.6. The maximum atomic E-state index is 12.8. The molecule has 0 spiro atoms. The molecule has 28 heavy (non-hydrogen) atoms. The van der Waals surface area contributed by atoms with E-state index < -0.39 is 17.0 Å². The van der Waals surface area contributed by atoms with Gasteiger partial charge in [-0.2, -0.15) is 0 Å². The Morgan fingerprint density at radius 1 is 1.21 bits per heavy atom. The highest BCUT2D eigenvalue weighted by Gasteiger charge is 2.34. The quantitative estimate of drug-likeness (QED) is 0.343. The SMILES string of the molecule is C[C@H](OC(=O)/C=C/c1ccccc1[N+](=O)[O-])C(=O)N1c2ccccc2C[C@H]1C. The van der Waals surface area contributed by atoms with Crippen molar-refractivity contribution in [3.05, 3.63) is 75.8 Å². The van der Waals surface area contributed by atoms with E-state index in [9.17, 15) is 19.7 Å². The summed E-state index contributed by atoms with van der Waals surface area (Å²) in [4.78, 5) is 37.1. The predicted molar refractivity (Wildman–Crippen MR) is 105 cm³/mol. The molecule has 1 amide bonds. The van der Waals surface area contributed by atoms with Gasteiger partial charge in [-0.3, -0.25) is 14.9 Å². The third-order valence-electron chi connectivity index (χ3n) is 4.62. The molecule has 144 valence electrons. The summed E-state index contributed by atoms with van der Waals surface area (Å²) >= 11 is 0. The number of ether oxygens (including phenoxy) is 1. The van der Waals surface area contributed by atoms with Gasteiger partial charge in [-0.05, 0) is 44.0 Å². The molecule has 1 aliphatic rings. The standard InChI is InChI=1S/C21H20N2O5/c1-14-13-17-8-4-5-9-18(17)22(14)21(25)15(2)28-20(24)12-11-16-7-3-6-10-19(16)23(26)27/h3-12,14-15H,13H2,1-2H3/b12-11+/t14-,15+/m1/s1. The normalized spacial score (nSPS) is 16.6. The summed E-state index contributed by atoms with van der Waals surface area (Å²) in [5.41, 5.74) is 2.08. The summed E-state index contributed by atoms with van der Waals surface area (Å²) in [6, 6.07) is 13.7. The van der Waals surface area contributed by atoms with E-state index >= 15 is 0 Å². The number of benzene rings is 2. The van der Waals surface area contributed by atoms with Crippen LogP contribution in [0.4, 0.5) is 11.4 Å². The van der Waals surface area contributed by atoms with Gasteiger partial charge < -0.3 is 9.64 Å². The third kappa shape index (κ3) is 3.93. The smallest absolute Gasteiger partial charge is 0.331 e. The Kier molecular flexibility index (Phi) is 5.54. The van der Waals surface area contributed by atoms with Gasteiger partial charge in [-0.15, -0.1) is 0 Å². The number of hydrogen-bond donors (Lipinski definition) is 0. The van der Waals surface area contributed by atoms with Gasteiger partial charge in [-0.1, -0.05) is 30.3 Å². The summed E-state index contributed by atoms with van der Waals surface area (Å²) < 4.78 is 5.22. The van der Waals surface area contributed by atoms with E-state index in [-0.39, 0.29) is 23.2 Å². The molecule has 0 aliphatic carbocycles. The lowest BCUT2D eigenvalue weighted by molar-refractivity contribution is -0.385. The molecule has 0 bridgehead atoms. The monoisotopic (exact) mass is 380 g/mol. The van der Waals surface area contributed by atoms with Crippen molar-refractivity contribution >= 4 is 29.3 Å². The number of carbonyl (C=O) groups excluding carboxylic acids is 2. The van der Waals surface area contributed by atoms with Crippen LogP contribution in [-0.2, 0) is 20.7 Å². The van der Waals surface area contributed by atoms with Gasteiger partial charge in [0.2, 0.25) is 0 Å². The highest BCUT2D eigenvalue weighted by molar-refractivity contribution is 6.00. The molecule has 1 heterocycles. The van der Waals surface area contributed by atoms with Crippen LogP contribution in [0.1, 0.15) is 25.0 Å². The minimum atomic E-state index is -0.975. The minimum absolute atomic E-state index is 0.0198. The molecule has 2 aromatic rings. The van der Waals surface area contributed by atoms with Crippen LogP contribution in [0.15, 0.2) is 54.6 Å². The number of hydrogen-bond acceptors (Lipinski definition) is 5.